The number of hydrogen-bond donors (Lipinski definition) is 2. The van der Waals surface area contributed by atoms with Crippen molar-refractivity contribution in [2.24, 2.45) is 5.92 Å². The van der Waals surface area contributed by atoms with Crippen LogP contribution in [0.5, 0.6) is 17.2 Å². The van der Waals surface area contributed by atoms with Crippen molar-refractivity contribution in [3.05, 3.63) is 48.7 Å². The molecule has 0 bridgehead atoms. The summed E-state index contributed by atoms with van der Waals surface area (Å²) in [5.41, 5.74) is 8.84. The second kappa shape index (κ2) is 15.4. The summed E-state index contributed by atoms with van der Waals surface area (Å²) in [6.45, 7) is 9.13. The summed E-state index contributed by atoms with van der Waals surface area (Å²) >= 11 is 0. The van der Waals surface area contributed by atoms with Crippen molar-refractivity contribution in [1.82, 2.24) is 14.9 Å². The van der Waals surface area contributed by atoms with Crippen LogP contribution in [0.25, 0.3) is 11.3 Å². The van der Waals surface area contributed by atoms with E-state index in [4.69, 9.17) is 34.4 Å². The van der Waals surface area contributed by atoms with E-state index in [1.807, 2.05) is 68.1 Å². The van der Waals surface area contributed by atoms with E-state index in [1.165, 1.54) is 0 Å². The van der Waals surface area contributed by atoms with E-state index < -0.39 is 5.60 Å². The lowest BCUT2D eigenvalue weighted by molar-refractivity contribution is 0.0179. The molecule has 1 amide bonds. The number of nitrogens with two attached hydrogens (primary N) is 1. The zero-order valence-electron chi connectivity index (χ0n) is 27.4. The Kier molecular flexibility index (Phi) is 11.1. The van der Waals surface area contributed by atoms with Crippen LogP contribution in [0.1, 0.15) is 59.3 Å². The molecule has 0 aliphatic carbocycles. The van der Waals surface area contributed by atoms with Gasteiger partial charge in [-0.2, -0.15) is 0 Å². The maximum atomic E-state index is 12.3. The number of nitrogens with one attached hydrogen (secondary N) is 1. The number of piperidine rings is 1. The maximum Gasteiger partial charge on any atom is 0.410 e. The van der Waals surface area contributed by atoms with Gasteiger partial charge in [0.15, 0.2) is 11.5 Å². The van der Waals surface area contributed by atoms with E-state index in [1.54, 1.807) is 13.3 Å². The third-order valence-electron chi connectivity index (χ3n) is 8.12. The van der Waals surface area contributed by atoms with Crippen LogP contribution in [0.4, 0.5) is 22.1 Å². The lowest BCUT2D eigenvalue weighted by atomic mass is 9.92. The molecule has 2 aliphatic heterocycles. The van der Waals surface area contributed by atoms with Crippen molar-refractivity contribution in [3.8, 4) is 28.5 Å². The largest absolute Gasteiger partial charge is 0.493 e. The van der Waals surface area contributed by atoms with Crippen LogP contribution in [0.15, 0.2) is 48.7 Å². The third kappa shape index (κ3) is 9.38. The number of aromatic nitrogens is 2. The van der Waals surface area contributed by atoms with Crippen molar-refractivity contribution in [3.63, 3.8) is 0 Å². The standard InChI is InChI=1S/C35H47N5O6/c1-35(2,3)46-34(41)40-17-12-24(13-18-40)6-5-19-44-32-23-26(8-10-31(32)42-4)38-33-37-16-11-29(39-33)25-7-9-30(28(36)22-25)45-27-14-20-43-21-15-27/h7-11,16,22-24,27H,5-6,12-15,17-21,36H2,1-4H3,(H,37,38,39). The average molecular weight is 634 g/mol. The fraction of sp³-hybridized carbons (Fsp3) is 0.514. The number of methoxy groups -OCH3 is 1. The molecule has 0 spiro atoms. The van der Waals surface area contributed by atoms with Gasteiger partial charge in [0.2, 0.25) is 5.95 Å². The zero-order valence-corrected chi connectivity index (χ0v) is 27.4. The number of nitrogen functional groups attached to an aromatic ring is 1. The number of carbonyl (C=O) groups excluding carboxylic acids is 1. The minimum absolute atomic E-state index is 0.116. The summed E-state index contributed by atoms with van der Waals surface area (Å²) < 4.78 is 28.8. The van der Waals surface area contributed by atoms with Gasteiger partial charge in [0.1, 0.15) is 17.5 Å². The van der Waals surface area contributed by atoms with Crippen LogP contribution in [-0.4, -0.2) is 72.7 Å². The Bertz CT molecular complexity index is 1450. The first kappa shape index (κ1) is 33.1. The first-order valence-corrected chi connectivity index (χ1v) is 16.2. The molecule has 3 aromatic rings. The van der Waals surface area contributed by atoms with Crippen LogP contribution in [-0.2, 0) is 9.47 Å². The van der Waals surface area contributed by atoms with Gasteiger partial charge in [-0.15, -0.1) is 0 Å². The molecule has 11 nitrogen and oxygen atoms in total. The summed E-state index contributed by atoms with van der Waals surface area (Å²) in [5, 5.41) is 3.29. The van der Waals surface area contributed by atoms with Gasteiger partial charge in [-0.1, -0.05) is 0 Å². The van der Waals surface area contributed by atoms with E-state index in [0.717, 1.165) is 68.6 Å². The van der Waals surface area contributed by atoms with Crippen LogP contribution >= 0.6 is 0 Å². The Labute approximate surface area is 271 Å². The molecule has 3 heterocycles. The number of benzene rings is 2. The highest BCUT2D eigenvalue weighted by Crippen LogP contribution is 2.33. The van der Waals surface area contributed by atoms with Gasteiger partial charge in [-0.05, 0) is 88.8 Å². The highest BCUT2D eigenvalue weighted by molar-refractivity contribution is 5.70. The topological polar surface area (TPSA) is 130 Å². The van der Waals surface area contributed by atoms with Crippen molar-refractivity contribution in [1.29, 1.82) is 0 Å². The highest BCUT2D eigenvalue weighted by atomic mass is 16.6. The van der Waals surface area contributed by atoms with E-state index in [0.29, 0.717) is 54.6 Å². The second-order valence-electron chi connectivity index (χ2n) is 12.8. The number of amides is 1. The van der Waals surface area contributed by atoms with Crippen LogP contribution < -0.4 is 25.3 Å². The molecule has 0 atom stereocenters. The molecule has 2 fully saturated rings. The van der Waals surface area contributed by atoms with E-state index in [2.05, 4.69) is 10.3 Å². The first-order chi connectivity index (χ1) is 22.2. The molecule has 46 heavy (non-hydrogen) atoms. The average Bonchev–Trinajstić information content (AvgIpc) is 3.04. The van der Waals surface area contributed by atoms with Gasteiger partial charge < -0.3 is 39.6 Å². The number of carbonyl (C=O) groups is 1. The fourth-order valence-electron chi connectivity index (χ4n) is 5.65. The molecule has 11 heteroatoms. The van der Waals surface area contributed by atoms with Gasteiger partial charge in [0.25, 0.3) is 0 Å². The predicted molar refractivity (Wildman–Crippen MR) is 178 cm³/mol. The number of nitrogens with zero attached hydrogens (tertiary/aromatic N) is 3. The molecule has 2 aliphatic rings. The van der Waals surface area contributed by atoms with Crippen molar-refractivity contribution in [2.75, 3.05) is 51.1 Å². The Balaban J connectivity index is 1.13. The molecule has 1 aromatic heterocycles. The molecule has 3 N–H and O–H groups in total. The van der Waals surface area contributed by atoms with Crippen LogP contribution in [0, 0.1) is 5.92 Å². The van der Waals surface area contributed by atoms with Gasteiger partial charge in [0, 0.05) is 49.4 Å². The van der Waals surface area contributed by atoms with Gasteiger partial charge >= 0.3 is 6.09 Å². The molecule has 2 aromatic carbocycles. The Morgan fingerprint density at radius 1 is 1.02 bits per heavy atom. The zero-order chi connectivity index (χ0) is 32.5. The van der Waals surface area contributed by atoms with Gasteiger partial charge in [-0.3, -0.25) is 0 Å². The number of anilines is 3. The Morgan fingerprint density at radius 3 is 2.50 bits per heavy atom. The van der Waals surface area contributed by atoms with E-state index >= 15 is 0 Å². The summed E-state index contributed by atoms with van der Waals surface area (Å²) in [6, 6.07) is 13.3. The molecule has 248 valence electrons. The molecule has 5 rings (SSSR count). The van der Waals surface area contributed by atoms with Crippen LogP contribution in [0.2, 0.25) is 0 Å². The third-order valence-corrected chi connectivity index (χ3v) is 8.12. The lowest BCUT2D eigenvalue weighted by Crippen LogP contribution is -2.41. The molecule has 2 saturated heterocycles. The van der Waals surface area contributed by atoms with Crippen molar-refractivity contribution in [2.45, 2.75) is 71.0 Å². The molecule has 0 unspecified atom stereocenters. The Hall–Kier alpha value is -4.25. The smallest absolute Gasteiger partial charge is 0.410 e. The molecular weight excluding hydrogens is 586 g/mol. The lowest BCUT2D eigenvalue weighted by Gasteiger charge is -2.33. The summed E-state index contributed by atoms with van der Waals surface area (Å²) in [6.07, 6.45) is 7.22. The highest BCUT2D eigenvalue weighted by Gasteiger charge is 2.26. The summed E-state index contributed by atoms with van der Waals surface area (Å²) in [7, 11) is 1.63. The SMILES string of the molecule is COc1ccc(Nc2nccc(-c3ccc(OC4CCOCC4)c(N)c3)n2)cc1OCCCC1CCN(C(=O)OC(C)(C)C)CC1. The summed E-state index contributed by atoms with van der Waals surface area (Å²) in [4.78, 5) is 23.3. The van der Waals surface area contributed by atoms with Gasteiger partial charge in [-0.25, -0.2) is 14.8 Å². The predicted octanol–water partition coefficient (Wildman–Crippen LogP) is 6.84. The second-order valence-corrected chi connectivity index (χ2v) is 12.8. The summed E-state index contributed by atoms with van der Waals surface area (Å²) in [5.74, 6) is 3.00. The number of ether oxygens (including phenoxy) is 5. The molecule has 0 radical (unpaired) electrons. The minimum Gasteiger partial charge on any atom is -0.493 e. The number of hydrogen-bond acceptors (Lipinski definition) is 10. The van der Waals surface area contributed by atoms with Crippen molar-refractivity contribution < 1.29 is 28.5 Å². The number of rotatable bonds is 11. The minimum atomic E-state index is -0.473. The Morgan fingerprint density at radius 2 is 1.78 bits per heavy atom. The maximum absolute atomic E-state index is 12.3. The van der Waals surface area contributed by atoms with Crippen molar-refractivity contribution >= 4 is 23.4 Å². The molecular formula is C35H47N5O6. The first-order valence-electron chi connectivity index (χ1n) is 16.2. The van der Waals surface area contributed by atoms with Crippen LogP contribution in [0.3, 0.4) is 0 Å². The van der Waals surface area contributed by atoms with Gasteiger partial charge in [0.05, 0.1) is 38.3 Å². The number of likely N-dealkylation sites (tertiary alicyclic amines) is 1. The fourth-order valence-corrected chi connectivity index (χ4v) is 5.65. The quantitative estimate of drug-likeness (QED) is 0.171. The monoisotopic (exact) mass is 633 g/mol. The van der Waals surface area contributed by atoms with E-state index in [9.17, 15) is 4.79 Å². The van der Waals surface area contributed by atoms with E-state index in [-0.39, 0.29) is 12.2 Å². The molecule has 0 saturated carbocycles. The normalized spacial score (nSPS) is 16.1.